The largest absolute Gasteiger partial charge is 0.342 e. The molecule has 0 amide bonds. The number of aromatic amines is 1. The van der Waals surface area contributed by atoms with Crippen molar-refractivity contribution < 1.29 is 17.2 Å². The molecule has 108 valence electrons. The number of fused-ring (bicyclic) bond motifs is 1. The van der Waals surface area contributed by atoms with Gasteiger partial charge in [0, 0.05) is 19.0 Å². The lowest BCUT2D eigenvalue weighted by atomic mass is 10.2. The average molecular weight is 301 g/mol. The van der Waals surface area contributed by atoms with Crippen LogP contribution in [0.15, 0.2) is 12.1 Å². The van der Waals surface area contributed by atoms with E-state index in [4.69, 9.17) is 0 Å². The van der Waals surface area contributed by atoms with Gasteiger partial charge in [-0.1, -0.05) is 0 Å². The summed E-state index contributed by atoms with van der Waals surface area (Å²) in [4.78, 5) is 6.90. The summed E-state index contributed by atoms with van der Waals surface area (Å²) >= 11 is 0. The molecular weight excluding hydrogens is 288 g/mol. The molecule has 20 heavy (non-hydrogen) atoms. The van der Waals surface area contributed by atoms with Gasteiger partial charge in [0.05, 0.1) is 17.0 Å². The zero-order valence-corrected chi connectivity index (χ0v) is 11.3. The van der Waals surface area contributed by atoms with Gasteiger partial charge < -0.3 is 10.3 Å². The minimum atomic E-state index is -3.04. The molecule has 1 saturated heterocycles. The number of nitrogens with one attached hydrogen (secondary N) is 2. The summed E-state index contributed by atoms with van der Waals surface area (Å²) in [5, 5.41) is 3.09. The van der Waals surface area contributed by atoms with E-state index in [9.17, 15) is 17.2 Å². The molecule has 1 aliphatic rings. The van der Waals surface area contributed by atoms with Crippen LogP contribution in [-0.2, 0) is 16.3 Å². The maximum atomic E-state index is 13.5. The Balaban J connectivity index is 1.86. The van der Waals surface area contributed by atoms with Crippen LogP contribution in [0.2, 0.25) is 0 Å². The summed E-state index contributed by atoms with van der Waals surface area (Å²) in [5.41, 5.74) is 0.344. The van der Waals surface area contributed by atoms with E-state index in [-0.39, 0.29) is 23.1 Å². The number of aromatic nitrogens is 2. The van der Waals surface area contributed by atoms with Crippen molar-refractivity contribution in [3.05, 3.63) is 29.6 Å². The van der Waals surface area contributed by atoms with E-state index >= 15 is 0 Å². The standard InChI is InChI=1S/C12H13F2N3O2S/c13-8-1-2-9-12(11(8)14)17-10(16-9)5-7-6-20(18,19)4-3-15-7/h1-2,7,15H,3-6H2,(H,16,17). The van der Waals surface area contributed by atoms with Crippen molar-refractivity contribution in [3.63, 3.8) is 0 Å². The highest BCUT2D eigenvalue weighted by molar-refractivity contribution is 7.91. The van der Waals surface area contributed by atoms with E-state index in [0.29, 0.717) is 24.3 Å². The third-order valence-corrected chi connectivity index (χ3v) is 5.07. The molecule has 0 saturated carbocycles. The Labute approximate surface area is 114 Å². The first-order valence-corrected chi connectivity index (χ1v) is 8.03. The SMILES string of the molecule is O=S1(=O)CCNC(Cc2nc3c(F)c(F)ccc3[nH]2)C1. The average Bonchev–Trinajstić information content (AvgIpc) is 2.76. The molecule has 1 unspecified atom stereocenters. The van der Waals surface area contributed by atoms with Gasteiger partial charge in [0.1, 0.15) is 11.3 Å². The topological polar surface area (TPSA) is 74.8 Å². The number of H-pyrrole nitrogens is 1. The Morgan fingerprint density at radius 1 is 1.35 bits per heavy atom. The molecule has 0 radical (unpaired) electrons. The van der Waals surface area contributed by atoms with Gasteiger partial charge in [0.25, 0.3) is 0 Å². The molecule has 5 nitrogen and oxygen atoms in total. The fraction of sp³-hybridized carbons (Fsp3) is 0.417. The highest BCUT2D eigenvalue weighted by Gasteiger charge is 2.25. The van der Waals surface area contributed by atoms with Crippen LogP contribution in [0.1, 0.15) is 5.82 Å². The summed E-state index contributed by atoms with van der Waals surface area (Å²) in [6.45, 7) is 0.399. The number of imidazole rings is 1. The lowest BCUT2D eigenvalue weighted by Gasteiger charge is -2.22. The van der Waals surface area contributed by atoms with E-state index in [1.807, 2.05) is 0 Å². The van der Waals surface area contributed by atoms with Gasteiger partial charge in [-0.3, -0.25) is 0 Å². The molecule has 0 bridgehead atoms. The van der Waals surface area contributed by atoms with Crippen LogP contribution in [0.25, 0.3) is 11.0 Å². The highest BCUT2D eigenvalue weighted by atomic mass is 32.2. The molecule has 1 aromatic carbocycles. The fourth-order valence-electron chi connectivity index (χ4n) is 2.40. The van der Waals surface area contributed by atoms with Crippen molar-refractivity contribution in [3.8, 4) is 0 Å². The van der Waals surface area contributed by atoms with Gasteiger partial charge in [0.15, 0.2) is 21.5 Å². The van der Waals surface area contributed by atoms with E-state index in [0.717, 1.165) is 6.07 Å². The van der Waals surface area contributed by atoms with Crippen LogP contribution >= 0.6 is 0 Å². The first kappa shape index (κ1) is 13.4. The van der Waals surface area contributed by atoms with Gasteiger partial charge in [-0.2, -0.15) is 0 Å². The summed E-state index contributed by atoms with van der Waals surface area (Å²) < 4.78 is 49.7. The number of halogens is 2. The predicted octanol–water partition coefficient (Wildman–Crippen LogP) is 0.770. The lowest BCUT2D eigenvalue weighted by molar-refractivity contribution is 0.508. The van der Waals surface area contributed by atoms with Crippen LogP contribution in [0.5, 0.6) is 0 Å². The number of sulfone groups is 1. The number of rotatable bonds is 2. The molecule has 1 aromatic heterocycles. The number of hydrogen-bond donors (Lipinski definition) is 2. The smallest absolute Gasteiger partial charge is 0.186 e. The van der Waals surface area contributed by atoms with Crippen molar-refractivity contribution in [2.24, 2.45) is 0 Å². The Morgan fingerprint density at radius 2 is 2.15 bits per heavy atom. The summed E-state index contributed by atoms with van der Waals surface area (Å²) in [6, 6.07) is 2.18. The molecule has 2 heterocycles. The van der Waals surface area contributed by atoms with E-state index in [1.54, 1.807) is 0 Å². The minimum Gasteiger partial charge on any atom is -0.342 e. The molecule has 1 atom stereocenters. The van der Waals surface area contributed by atoms with Gasteiger partial charge in [-0.05, 0) is 12.1 Å². The predicted molar refractivity (Wildman–Crippen MR) is 70.2 cm³/mol. The second-order valence-electron chi connectivity index (χ2n) is 4.91. The van der Waals surface area contributed by atoms with Gasteiger partial charge in [0.2, 0.25) is 0 Å². The zero-order chi connectivity index (χ0) is 14.3. The molecule has 8 heteroatoms. The summed E-state index contributed by atoms with van der Waals surface area (Å²) in [5.74, 6) is -1.34. The van der Waals surface area contributed by atoms with E-state index in [2.05, 4.69) is 15.3 Å². The first-order valence-electron chi connectivity index (χ1n) is 6.21. The molecule has 0 aliphatic carbocycles. The zero-order valence-electron chi connectivity index (χ0n) is 10.5. The van der Waals surface area contributed by atoms with Crippen molar-refractivity contribution in [1.82, 2.24) is 15.3 Å². The number of hydrogen-bond acceptors (Lipinski definition) is 4. The number of benzene rings is 1. The third-order valence-electron chi connectivity index (χ3n) is 3.34. The van der Waals surface area contributed by atoms with Crippen molar-refractivity contribution in [2.75, 3.05) is 18.1 Å². The molecule has 2 N–H and O–H groups in total. The van der Waals surface area contributed by atoms with Crippen LogP contribution < -0.4 is 5.32 Å². The monoisotopic (exact) mass is 301 g/mol. The summed E-state index contributed by atoms with van der Waals surface area (Å²) in [7, 11) is -3.04. The van der Waals surface area contributed by atoms with Gasteiger partial charge in [-0.15, -0.1) is 0 Å². The first-order chi connectivity index (χ1) is 9.44. The maximum absolute atomic E-state index is 13.5. The van der Waals surface area contributed by atoms with Crippen molar-refractivity contribution >= 4 is 20.9 Å². The van der Waals surface area contributed by atoms with Crippen LogP contribution in [0.4, 0.5) is 8.78 Å². The summed E-state index contributed by atoms with van der Waals surface area (Å²) in [6.07, 6.45) is 0.328. The molecule has 2 aromatic rings. The normalized spacial score (nSPS) is 22.2. The quantitative estimate of drug-likeness (QED) is 0.859. The van der Waals surface area contributed by atoms with Crippen LogP contribution in [0.3, 0.4) is 0 Å². The van der Waals surface area contributed by atoms with E-state index in [1.165, 1.54) is 6.07 Å². The minimum absolute atomic E-state index is 0.0287. The Morgan fingerprint density at radius 3 is 2.90 bits per heavy atom. The molecule has 1 aliphatic heterocycles. The molecule has 3 rings (SSSR count). The molecular formula is C12H13F2N3O2S. The maximum Gasteiger partial charge on any atom is 0.186 e. The third kappa shape index (κ3) is 2.53. The molecule has 1 fully saturated rings. The van der Waals surface area contributed by atoms with Gasteiger partial charge in [-0.25, -0.2) is 22.2 Å². The fourth-order valence-corrected chi connectivity index (χ4v) is 3.84. The molecule has 0 spiro atoms. The second kappa shape index (κ2) is 4.78. The number of nitrogens with zero attached hydrogens (tertiary/aromatic N) is 1. The Kier molecular flexibility index (Phi) is 3.21. The lowest BCUT2D eigenvalue weighted by Crippen LogP contribution is -2.46. The Bertz CT molecular complexity index is 757. The van der Waals surface area contributed by atoms with Gasteiger partial charge >= 0.3 is 0 Å². The van der Waals surface area contributed by atoms with Crippen molar-refractivity contribution in [1.29, 1.82) is 0 Å². The van der Waals surface area contributed by atoms with Crippen LogP contribution in [0, 0.1) is 11.6 Å². The van der Waals surface area contributed by atoms with Crippen molar-refractivity contribution in [2.45, 2.75) is 12.5 Å². The Hall–Kier alpha value is -1.54. The van der Waals surface area contributed by atoms with Crippen LogP contribution in [-0.4, -0.2) is 42.5 Å². The van der Waals surface area contributed by atoms with E-state index < -0.39 is 21.5 Å². The second-order valence-corrected chi connectivity index (χ2v) is 7.14. The highest BCUT2D eigenvalue weighted by Crippen LogP contribution is 2.19.